The Labute approximate surface area is 904 Å². The first-order chi connectivity index (χ1) is 66.2. The van der Waals surface area contributed by atoms with Gasteiger partial charge in [0.2, 0.25) is 0 Å². The van der Waals surface area contributed by atoms with Gasteiger partial charge in [-0.3, -0.25) is 15.0 Å². The van der Waals surface area contributed by atoms with Gasteiger partial charge in [0.25, 0.3) is 0 Å². The van der Waals surface area contributed by atoms with Crippen molar-refractivity contribution in [2.24, 2.45) is 0 Å². The van der Waals surface area contributed by atoms with Crippen molar-refractivity contribution in [2.45, 2.75) is 250 Å². The van der Waals surface area contributed by atoms with Crippen LogP contribution in [-0.4, -0.2) is 45.2 Å². The van der Waals surface area contributed by atoms with Crippen LogP contribution < -0.4 is 0 Å². The molecule has 143 heavy (non-hydrogen) atoms. The summed E-state index contributed by atoms with van der Waals surface area (Å²) < 4.78 is 3.24. The number of phenols is 3. The summed E-state index contributed by atoms with van der Waals surface area (Å²) in [6.45, 7) is 61.0. The molecule has 18 rings (SSSR count). The Balaban J connectivity index is 0.000000178. The SMILES string of the molecule is CC(C)c1cc(-c2ccnc(-c3[c-]c(-c4cc(C(C)(C)C)cc5sc(-c6ccccc6O)nc45)cc(C(C)(C)C)c3)c2)cc(C(C)C)c1.CC(C)c1cc(-c2ccnc(-c3[c-]c(-c4cccc5sc(-c6ccccc6O)nc45)c(C(C)(C)C)cc3C(C)(C)C)c2)cc(C(C)C)c1.CC(C)c1cc(-c2ccnc(-c3[c-]c(-c4cccc5sc(-c6ccccc6O)nc45)cc(C(C)(C)C)c3)c2)cc(C(C)C)c1.[Pt].[Pt].[Pt]. The van der Waals surface area contributed by atoms with E-state index in [1.165, 1.54) is 77.9 Å². The zero-order chi connectivity index (χ0) is 100. The Morgan fingerprint density at radius 3 is 0.888 bits per heavy atom. The molecule has 6 aromatic heterocycles. The Hall–Kier alpha value is -10.8. The van der Waals surface area contributed by atoms with Gasteiger partial charge in [-0.25, -0.2) is 15.0 Å². The zero-order valence-corrected chi connectivity index (χ0v) is 96.8. The molecule has 9 nitrogen and oxygen atoms in total. The predicted molar refractivity (Wildman–Crippen MR) is 597 cm³/mol. The van der Waals surface area contributed by atoms with Crippen molar-refractivity contribution in [3.8, 4) is 149 Å². The van der Waals surface area contributed by atoms with Crippen LogP contribution in [0.4, 0.5) is 0 Å². The van der Waals surface area contributed by atoms with Gasteiger partial charge in [0.05, 0.1) is 33.2 Å². The van der Waals surface area contributed by atoms with Gasteiger partial charge < -0.3 is 15.3 Å². The summed E-state index contributed by atoms with van der Waals surface area (Å²) in [7, 11) is 0. The van der Waals surface area contributed by atoms with Crippen LogP contribution in [0.1, 0.15) is 284 Å². The molecule has 12 aromatic carbocycles. The molecule has 0 aliphatic rings. The van der Waals surface area contributed by atoms with Crippen LogP contribution >= 0.6 is 34.0 Å². The number of phenolic OH excluding ortho intramolecular Hbond substituents is 3. The molecule has 0 fully saturated rings. The van der Waals surface area contributed by atoms with Crippen LogP contribution in [0, 0.1) is 18.2 Å². The molecular weight excluding hydrogens is 2350 g/mol. The average molecular weight is 2480 g/mol. The zero-order valence-electron chi connectivity index (χ0n) is 87.5. The number of aromatic hydroxyl groups is 3. The number of thiazole rings is 3. The van der Waals surface area contributed by atoms with E-state index in [4.69, 9.17) is 29.9 Å². The van der Waals surface area contributed by atoms with Crippen molar-refractivity contribution >= 4 is 64.7 Å². The van der Waals surface area contributed by atoms with Gasteiger partial charge in [-0.1, -0.05) is 360 Å². The number of aromatic nitrogens is 6. The molecule has 0 aliphatic heterocycles. The van der Waals surface area contributed by atoms with E-state index in [1.54, 1.807) is 52.2 Å². The summed E-state index contributed by atoms with van der Waals surface area (Å²) in [6, 6.07) is 96.4. The maximum Gasteiger partial charge on any atom is 0.127 e. The van der Waals surface area contributed by atoms with Gasteiger partial charge in [-0.2, -0.15) is 0 Å². The predicted octanol–water partition coefficient (Wildman–Crippen LogP) is 36.8. The molecule has 0 atom stereocenters. The van der Waals surface area contributed by atoms with Gasteiger partial charge in [0, 0.05) is 113 Å². The van der Waals surface area contributed by atoms with Crippen molar-refractivity contribution in [2.75, 3.05) is 0 Å². The smallest absolute Gasteiger partial charge is 0.127 e. The van der Waals surface area contributed by atoms with E-state index in [9.17, 15) is 15.3 Å². The van der Waals surface area contributed by atoms with Crippen molar-refractivity contribution < 1.29 is 78.5 Å². The molecular formula is C128H133N6O3Pt3S3-3. The minimum absolute atomic E-state index is 0. The van der Waals surface area contributed by atoms with Gasteiger partial charge in [-0.05, 0) is 208 Å². The first kappa shape index (κ1) is 109. The second kappa shape index (κ2) is 44.3. The fraction of sp³-hybridized carbons (Fsp3) is 0.297. The number of rotatable bonds is 18. The topological polar surface area (TPSA) is 138 Å². The summed E-state index contributed by atoms with van der Waals surface area (Å²) in [4.78, 5) is 30.1. The van der Waals surface area contributed by atoms with E-state index in [1.807, 2.05) is 73.2 Å². The molecule has 744 valence electrons. The van der Waals surface area contributed by atoms with Crippen molar-refractivity contribution in [3.05, 3.63) is 341 Å². The van der Waals surface area contributed by atoms with Crippen LogP contribution in [-0.2, 0) is 90.3 Å². The van der Waals surface area contributed by atoms with Crippen LogP contribution in [0.25, 0.3) is 163 Å². The van der Waals surface area contributed by atoms with Crippen molar-refractivity contribution in [1.82, 2.24) is 29.9 Å². The number of nitrogens with zero attached hydrogens (tertiary/aromatic N) is 6. The summed E-state index contributed by atoms with van der Waals surface area (Å²) >= 11 is 4.82. The summed E-state index contributed by atoms with van der Waals surface area (Å²) in [6.07, 6.45) is 5.79. The minimum atomic E-state index is -0.150. The largest absolute Gasteiger partial charge is 0.507 e. The molecule has 0 spiro atoms. The molecule has 0 amide bonds. The number of pyridine rings is 3. The van der Waals surface area contributed by atoms with E-state index in [0.717, 1.165) is 146 Å². The molecule has 0 unspecified atom stereocenters. The van der Waals surface area contributed by atoms with Gasteiger partial charge in [0.1, 0.15) is 32.3 Å². The number of hydrogen-bond acceptors (Lipinski definition) is 12. The van der Waals surface area contributed by atoms with E-state index in [2.05, 4.69) is 375 Å². The van der Waals surface area contributed by atoms with Gasteiger partial charge in [0.15, 0.2) is 0 Å². The van der Waals surface area contributed by atoms with Crippen LogP contribution in [0.3, 0.4) is 0 Å². The second-order valence-electron chi connectivity index (χ2n) is 44.7. The Kier molecular flexibility index (Phi) is 33.9. The Bertz CT molecular complexity index is 7590. The van der Waals surface area contributed by atoms with Crippen LogP contribution in [0.15, 0.2) is 261 Å². The van der Waals surface area contributed by atoms with Crippen molar-refractivity contribution in [1.29, 1.82) is 0 Å². The minimum Gasteiger partial charge on any atom is -0.507 e. The Morgan fingerprint density at radius 2 is 0.538 bits per heavy atom. The number of benzene rings is 12. The fourth-order valence-corrected chi connectivity index (χ4v) is 20.9. The van der Waals surface area contributed by atoms with E-state index >= 15 is 0 Å². The third-order valence-corrected chi connectivity index (χ3v) is 29.8. The van der Waals surface area contributed by atoms with Gasteiger partial charge >= 0.3 is 0 Å². The summed E-state index contributed by atoms with van der Waals surface area (Å²) in [5.74, 6) is 3.39. The first-order valence-electron chi connectivity index (χ1n) is 49.4. The molecule has 6 heterocycles. The molecule has 18 aromatic rings. The molecule has 15 heteroatoms. The molecule has 0 radical (unpaired) electrons. The Morgan fingerprint density at radius 1 is 0.245 bits per heavy atom. The van der Waals surface area contributed by atoms with Crippen LogP contribution in [0.2, 0.25) is 0 Å². The third-order valence-electron chi connectivity index (χ3n) is 26.6. The standard InChI is InChI=1S/2C44H47N2OS.C40H39N2OS.3Pt/c1-26(2)29-20-30(27(3)4)22-31(21-29)28-18-19-45-38(23-28)35-24-34(36(43(5,6)7)25-37(35)44(8,9)10)32-15-13-17-40-41(32)46-42(48-40)33-14-11-12-16-39(33)47;1-26(2)29-17-30(27(3)4)19-31(18-29)28-15-16-45-38(23-28)33-20-32(21-34(22-33)43(5,6)7)37-24-35(44(8,9)10)25-40-41(37)46-42(48-40)36-13-11-12-14-39(36)47;1-24(2)27-17-28(25(3)4)19-29(18-27)26-15-16-41-35(23-26)31-20-30(21-32(22-31)40(5,6)7)33-12-10-14-37-38(33)42-39(44-37)34-11-8-9-13-36(34)43;;;/h11-23,25-27,47H,1-10H3;11-19,21-27,47H,1-10H3;8-19,21-25,43H,1-7H3;;;/q3*-1;;;. The van der Waals surface area contributed by atoms with E-state index < -0.39 is 0 Å². The fourth-order valence-electron chi connectivity index (χ4n) is 17.8. The second-order valence-corrected chi connectivity index (χ2v) is 47.7. The molecule has 0 aliphatic carbocycles. The maximum absolute atomic E-state index is 10.7. The molecule has 0 saturated carbocycles. The number of fused-ring (bicyclic) bond motifs is 3. The maximum atomic E-state index is 10.7. The third kappa shape index (κ3) is 24.6. The van der Waals surface area contributed by atoms with E-state index in [0.29, 0.717) is 35.5 Å². The normalized spacial score (nSPS) is 12.0. The number of hydrogen-bond donors (Lipinski definition) is 3. The summed E-state index contributed by atoms with van der Waals surface area (Å²) in [5, 5.41) is 34.2. The van der Waals surface area contributed by atoms with Crippen molar-refractivity contribution in [3.63, 3.8) is 0 Å². The monoisotopic (exact) mass is 2480 g/mol. The molecule has 0 saturated heterocycles. The quantitative estimate of drug-likeness (QED) is 0.0717. The van der Waals surface area contributed by atoms with Gasteiger partial charge in [-0.15, -0.1) is 121 Å². The first-order valence-corrected chi connectivity index (χ1v) is 51.8. The summed E-state index contributed by atoms with van der Waals surface area (Å²) in [5.41, 5.74) is 37.6. The average Bonchev–Trinajstić information content (AvgIpc) is 1.74. The van der Waals surface area contributed by atoms with E-state index in [-0.39, 0.29) is 108 Å². The molecule has 3 N–H and O–H groups in total. The molecule has 0 bridgehead atoms. The number of para-hydroxylation sites is 5. The van der Waals surface area contributed by atoms with Crippen LogP contribution in [0.5, 0.6) is 17.2 Å².